The number of amides is 2. The molecular weight excluding hydrogens is 314 g/mol. The van der Waals surface area contributed by atoms with E-state index >= 15 is 0 Å². The topological polar surface area (TPSA) is 46.6 Å². The van der Waals surface area contributed by atoms with Gasteiger partial charge in [0.05, 0.1) is 6.04 Å². The number of aryl methyl sites for hydroxylation is 1. The van der Waals surface area contributed by atoms with E-state index in [1.807, 2.05) is 39.0 Å². The SMILES string of the molecule is CC(C)(C)OC(=O)N1C(=O)CC[C@H]2c3ccc(Cl)cc3CC[C@@H]21. The van der Waals surface area contributed by atoms with Gasteiger partial charge in [-0.2, -0.15) is 0 Å². The van der Waals surface area contributed by atoms with Crippen molar-refractivity contribution in [3.63, 3.8) is 0 Å². The highest BCUT2D eigenvalue weighted by molar-refractivity contribution is 6.30. The Kier molecular flexibility index (Phi) is 4.13. The van der Waals surface area contributed by atoms with Gasteiger partial charge in [0.1, 0.15) is 5.60 Å². The summed E-state index contributed by atoms with van der Waals surface area (Å²) in [6, 6.07) is 5.82. The number of fused-ring (bicyclic) bond motifs is 3. The minimum Gasteiger partial charge on any atom is -0.443 e. The molecule has 0 bridgehead atoms. The van der Waals surface area contributed by atoms with Crippen LogP contribution in [0.1, 0.15) is 57.1 Å². The van der Waals surface area contributed by atoms with Gasteiger partial charge < -0.3 is 4.74 Å². The maximum atomic E-state index is 12.5. The van der Waals surface area contributed by atoms with Gasteiger partial charge in [0.2, 0.25) is 5.91 Å². The first-order valence-electron chi connectivity index (χ1n) is 8.09. The molecule has 1 saturated heterocycles. The molecule has 1 aliphatic carbocycles. The normalized spacial score (nSPS) is 24.0. The van der Waals surface area contributed by atoms with E-state index in [0.29, 0.717) is 6.42 Å². The molecule has 0 spiro atoms. The first kappa shape index (κ1) is 16.3. The van der Waals surface area contributed by atoms with Gasteiger partial charge in [-0.3, -0.25) is 4.79 Å². The van der Waals surface area contributed by atoms with E-state index in [0.717, 1.165) is 24.3 Å². The highest BCUT2D eigenvalue weighted by Crippen LogP contribution is 2.42. The van der Waals surface area contributed by atoms with Crippen LogP contribution in [0.15, 0.2) is 18.2 Å². The molecule has 1 aromatic rings. The molecule has 4 nitrogen and oxygen atoms in total. The quantitative estimate of drug-likeness (QED) is 0.710. The maximum absolute atomic E-state index is 12.5. The first-order chi connectivity index (χ1) is 10.8. The van der Waals surface area contributed by atoms with Crippen molar-refractivity contribution in [2.75, 3.05) is 0 Å². The van der Waals surface area contributed by atoms with Crippen molar-refractivity contribution in [3.05, 3.63) is 34.3 Å². The molecule has 0 unspecified atom stereocenters. The summed E-state index contributed by atoms with van der Waals surface area (Å²) in [4.78, 5) is 26.2. The lowest BCUT2D eigenvalue weighted by Gasteiger charge is -2.43. The molecule has 23 heavy (non-hydrogen) atoms. The van der Waals surface area contributed by atoms with Gasteiger partial charge in [-0.15, -0.1) is 0 Å². The predicted octanol–water partition coefficient (Wildman–Crippen LogP) is 4.30. The van der Waals surface area contributed by atoms with E-state index in [-0.39, 0.29) is 17.9 Å². The Labute approximate surface area is 141 Å². The lowest BCUT2D eigenvalue weighted by atomic mass is 9.74. The number of imide groups is 1. The van der Waals surface area contributed by atoms with E-state index in [1.165, 1.54) is 16.0 Å². The third-order valence-electron chi connectivity index (χ3n) is 4.54. The summed E-state index contributed by atoms with van der Waals surface area (Å²) in [6.45, 7) is 5.44. The van der Waals surface area contributed by atoms with Crippen LogP contribution >= 0.6 is 11.6 Å². The molecule has 0 N–H and O–H groups in total. The van der Waals surface area contributed by atoms with Crippen molar-refractivity contribution in [2.24, 2.45) is 0 Å². The summed E-state index contributed by atoms with van der Waals surface area (Å²) in [6.07, 6.45) is 2.22. The fraction of sp³-hybridized carbons (Fsp3) is 0.556. The Hall–Kier alpha value is -1.55. The molecule has 1 aromatic carbocycles. The molecule has 1 fully saturated rings. The van der Waals surface area contributed by atoms with Gasteiger partial charge in [0.15, 0.2) is 0 Å². The number of likely N-dealkylation sites (tertiary alicyclic amines) is 1. The van der Waals surface area contributed by atoms with Gasteiger partial charge in [-0.25, -0.2) is 9.69 Å². The molecule has 2 atom stereocenters. The van der Waals surface area contributed by atoms with Crippen LogP contribution in [0.5, 0.6) is 0 Å². The number of carbonyl (C=O) groups is 2. The average molecular weight is 336 g/mol. The molecular formula is C18H22ClNO3. The van der Waals surface area contributed by atoms with Crippen molar-refractivity contribution < 1.29 is 14.3 Å². The van der Waals surface area contributed by atoms with Crippen LogP contribution in [0.3, 0.4) is 0 Å². The number of rotatable bonds is 0. The van der Waals surface area contributed by atoms with Crippen LogP contribution in [-0.4, -0.2) is 28.5 Å². The standard InChI is InChI=1S/C18H22ClNO3/c1-18(2,3)23-17(22)20-15-8-4-11-10-12(19)5-6-13(11)14(15)7-9-16(20)21/h5-6,10,14-15H,4,7-9H2,1-3H3/t14-,15-/m0/s1. The van der Waals surface area contributed by atoms with Crippen molar-refractivity contribution in [1.29, 1.82) is 0 Å². The molecule has 5 heteroatoms. The summed E-state index contributed by atoms with van der Waals surface area (Å²) in [5, 5.41) is 0.734. The number of carbonyl (C=O) groups excluding carboxylic acids is 2. The molecule has 1 aliphatic heterocycles. The molecule has 0 radical (unpaired) electrons. The Morgan fingerprint density at radius 1 is 1.26 bits per heavy atom. The maximum Gasteiger partial charge on any atom is 0.417 e. The highest BCUT2D eigenvalue weighted by atomic mass is 35.5. The fourth-order valence-electron chi connectivity index (χ4n) is 3.65. The number of nitrogens with zero attached hydrogens (tertiary/aromatic N) is 1. The van der Waals surface area contributed by atoms with Gasteiger partial charge in [0.25, 0.3) is 0 Å². The largest absolute Gasteiger partial charge is 0.443 e. The second kappa shape index (κ2) is 5.82. The number of hydrogen-bond acceptors (Lipinski definition) is 3. The van der Waals surface area contributed by atoms with Gasteiger partial charge in [-0.1, -0.05) is 17.7 Å². The molecule has 124 valence electrons. The van der Waals surface area contributed by atoms with Crippen molar-refractivity contribution >= 4 is 23.6 Å². The molecule has 0 saturated carbocycles. The van der Waals surface area contributed by atoms with Crippen LogP contribution in [0.2, 0.25) is 5.02 Å². The number of halogens is 1. The van der Waals surface area contributed by atoms with E-state index in [2.05, 4.69) is 0 Å². The Balaban J connectivity index is 1.90. The Morgan fingerprint density at radius 3 is 2.70 bits per heavy atom. The summed E-state index contributed by atoms with van der Waals surface area (Å²) in [5.41, 5.74) is 1.84. The van der Waals surface area contributed by atoms with Crippen molar-refractivity contribution in [2.45, 2.75) is 64.0 Å². The molecule has 2 amide bonds. The zero-order valence-electron chi connectivity index (χ0n) is 13.8. The second-order valence-corrected chi connectivity index (χ2v) is 7.77. The minimum absolute atomic E-state index is 0.111. The predicted molar refractivity (Wildman–Crippen MR) is 88.6 cm³/mol. The molecule has 1 heterocycles. The lowest BCUT2D eigenvalue weighted by Crippen LogP contribution is -2.53. The van der Waals surface area contributed by atoms with E-state index in [9.17, 15) is 9.59 Å². The third kappa shape index (κ3) is 3.23. The smallest absolute Gasteiger partial charge is 0.417 e. The fourth-order valence-corrected chi connectivity index (χ4v) is 3.85. The Bertz CT molecular complexity index is 650. The number of piperidine rings is 1. The highest BCUT2D eigenvalue weighted by Gasteiger charge is 2.44. The number of ether oxygens (including phenoxy) is 1. The van der Waals surface area contributed by atoms with Gasteiger partial charge >= 0.3 is 6.09 Å². The van der Waals surface area contributed by atoms with Crippen LogP contribution in [0.4, 0.5) is 4.79 Å². The van der Waals surface area contributed by atoms with Crippen LogP contribution < -0.4 is 0 Å². The zero-order chi connectivity index (χ0) is 16.8. The van der Waals surface area contributed by atoms with Gasteiger partial charge in [-0.05, 0) is 63.3 Å². The van der Waals surface area contributed by atoms with Crippen LogP contribution in [0.25, 0.3) is 0 Å². The summed E-state index contributed by atoms with van der Waals surface area (Å²) in [5.74, 6) is 0.0548. The first-order valence-corrected chi connectivity index (χ1v) is 8.47. The second-order valence-electron chi connectivity index (χ2n) is 7.34. The van der Waals surface area contributed by atoms with Crippen molar-refractivity contribution in [3.8, 4) is 0 Å². The molecule has 3 rings (SSSR count). The molecule has 2 aliphatic rings. The summed E-state index contributed by atoms with van der Waals surface area (Å²) in [7, 11) is 0. The lowest BCUT2D eigenvalue weighted by molar-refractivity contribution is -0.136. The third-order valence-corrected chi connectivity index (χ3v) is 4.77. The van der Waals surface area contributed by atoms with Crippen molar-refractivity contribution in [1.82, 2.24) is 4.90 Å². The summed E-state index contributed by atoms with van der Waals surface area (Å²) >= 11 is 6.09. The van der Waals surface area contributed by atoms with Crippen LogP contribution in [0, 0.1) is 0 Å². The number of benzene rings is 1. The Morgan fingerprint density at radius 2 is 2.00 bits per heavy atom. The minimum atomic E-state index is -0.607. The number of hydrogen-bond donors (Lipinski definition) is 0. The van der Waals surface area contributed by atoms with E-state index < -0.39 is 11.7 Å². The molecule has 0 aromatic heterocycles. The monoisotopic (exact) mass is 335 g/mol. The van der Waals surface area contributed by atoms with Crippen LogP contribution in [-0.2, 0) is 16.0 Å². The summed E-state index contributed by atoms with van der Waals surface area (Å²) < 4.78 is 5.45. The zero-order valence-corrected chi connectivity index (χ0v) is 14.5. The van der Waals surface area contributed by atoms with E-state index in [4.69, 9.17) is 16.3 Å². The van der Waals surface area contributed by atoms with E-state index in [1.54, 1.807) is 0 Å². The van der Waals surface area contributed by atoms with Gasteiger partial charge in [0, 0.05) is 17.4 Å². The average Bonchev–Trinajstić information content (AvgIpc) is 2.44.